The molecule has 2 saturated heterocycles. The van der Waals surface area contributed by atoms with Crippen LogP contribution in [0.3, 0.4) is 0 Å². The van der Waals surface area contributed by atoms with Crippen LogP contribution in [0.4, 0.5) is 0 Å². The fourth-order valence-electron chi connectivity index (χ4n) is 2.64. The van der Waals surface area contributed by atoms with Crippen LogP contribution in [0.1, 0.15) is 23.2 Å². The lowest BCUT2D eigenvalue weighted by atomic mass is 10.1. The number of amides is 2. The molecule has 1 aromatic rings. The molecule has 0 saturated carbocycles. The van der Waals surface area contributed by atoms with Crippen molar-refractivity contribution in [3.63, 3.8) is 0 Å². The number of likely N-dealkylation sites (tertiary alicyclic amines) is 1. The van der Waals surface area contributed by atoms with Crippen molar-refractivity contribution in [1.82, 2.24) is 15.2 Å². The van der Waals surface area contributed by atoms with Crippen LogP contribution in [0, 0.1) is 0 Å². The normalized spacial score (nSPS) is 26.8. The molecule has 2 aliphatic heterocycles. The van der Waals surface area contributed by atoms with Gasteiger partial charge in [-0.3, -0.25) is 14.6 Å². The highest BCUT2D eigenvalue weighted by Gasteiger charge is 2.43. The second kappa shape index (κ2) is 3.84. The lowest BCUT2D eigenvalue weighted by Crippen LogP contribution is -2.38. The maximum absolute atomic E-state index is 12.3. The molecule has 0 bridgehead atoms. The number of carbonyl (C=O) groups excluding carboxylic acids is 2. The van der Waals surface area contributed by atoms with Crippen molar-refractivity contribution in [1.29, 1.82) is 0 Å². The molecule has 3 heterocycles. The van der Waals surface area contributed by atoms with Gasteiger partial charge in [-0.1, -0.05) is 0 Å². The summed E-state index contributed by atoms with van der Waals surface area (Å²) in [7, 11) is 0. The van der Waals surface area contributed by atoms with E-state index in [0.29, 0.717) is 12.0 Å². The van der Waals surface area contributed by atoms with Crippen LogP contribution >= 0.6 is 0 Å². The minimum absolute atomic E-state index is 0.00333. The highest BCUT2D eigenvalue weighted by atomic mass is 16.2. The SMILES string of the molecule is O=C1C[C@H]2[C@H](CCN2C(=O)c2ccncc2)N1. The van der Waals surface area contributed by atoms with Gasteiger partial charge in [0.2, 0.25) is 5.91 Å². The van der Waals surface area contributed by atoms with Gasteiger partial charge in [0.15, 0.2) is 0 Å². The van der Waals surface area contributed by atoms with Gasteiger partial charge < -0.3 is 10.2 Å². The van der Waals surface area contributed by atoms with Crippen LogP contribution in [0.5, 0.6) is 0 Å². The highest BCUT2D eigenvalue weighted by molar-refractivity contribution is 5.95. The number of hydrogen-bond acceptors (Lipinski definition) is 3. The molecule has 1 aromatic heterocycles. The zero-order valence-corrected chi connectivity index (χ0v) is 9.30. The van der Waals surface area contributed by atoms with Gasteiger partial charge in [-0.05, 0) is 18.6 Å². The zero-order chi connectivity index (χ0) is 11.8. The molecule has 0 aromatic carbocycles. The Morgan fingerprint density at radius 3 is 2.94 bits per heavy atom. The Labute approximate surface area is 98.8 Å². The van der Waals surface area contributed by atoms with Crippen molar-refractivity contribution < 1.29 is 9.59 Å². The Bertz CT molecular complexity index is 460. The second-order valence-corrected chi connectivity index (χ2v) is 4.47. The second-order valence-electron chi connectivity index (χ2n) is 4.47. The van der Waals surface area contributed by atoms with Crippen molar-refractivity contribution in [2.24, 2.45) is 0 Å². The summed E-state index contributed by atoms with van der Waals surface area (Å²) in [6.45, 7) is 0.719. The highest BCUT2D eigenvalue weighted by Crippen LogP contribution is 2.26. The van der Waals surface area contributed by atoms with Gasteiger partial charge in [0.25, 0.3) is 5.91 Å². The summed E-state index contributed by atoms with van der Waals surface area (Å²) in [6.07, 6.45) is 4.51. The molecule has 3 rings (SSSR count). The third kappa shape index (κ3) is 1.67. The first-order valence-corrected chi connectivity index (χ1v) is 5.76. The van der Waals surface area contributed by atoms with Gasteiger partial charge >= 0.3 is 0 Å². The molecule has 2 fully saturated rings. The molecule has 0 spiro atoms. The number of aromatic nitrogens is 1. The van der Waals surface area contributed by atoms with E-state index in [4.69, 9.17) is 0 Å². The topological polar surface area (TPSA) is 62.3 Å². The van der Waals surface area contributed by atoms with E-state index in [9.17, 15) is 9.59 Å². The summed E-state index contributed by atoms with van der Waals surface area (Å²) in [5.74, 6) is 0.0450. The van der Waals surface area contributed by atoms with E-state index in [0.717, 1.165) is 13.0 Å². The molecular formula is C12H13N3O2. The first-order chi connectivity index (χ1) is 8.25. The third-order valence-electron chi connectivity index (χ3n) is 3.47. The van der Waals surface area contributed by atoms with Crippen molar-refractivity contribution in [3.8, 4) is 0 Å². The van der Waals surface area contributed by atoms with E-state index >= 15 is 0 Å². The van der Waals surface area contributed by atoms with Gasteiger partial charge in [0.05, 0.1) is 12.1 Å². The Hall–Kier alpha value is -1.91. The van der Waals surface area contributed by atoms with Crippen LogP contribution < -0.4 is 5.32 Å². The van der Waals surface area contributed by atoms with Crippen molar-refractivity contribution in [2.45, 2.75) is 24.9 Å². The van der Waals surface area contributed by atoms with Crippen LogP contribution in [0.15, 0.2) is 24.5 Å². The number of hydrogen-bond donors (Lipinski definition) is 1. The van der Waals surface area contributed by atoms with E-state index in [1.807, 2.05) is 0 Å². The lowest BCUT2D eigenvalue weighted by molar-refractivity contribution is -0.119. The monoisotopic (exact) mass is 231 g/mol. The Morgan fingerprint density at radius 1 is 1.41 bits per heavy atom. The summed E-state index contributed by atoms with van der Waals surface area (Å²) in [5, 5.41) is 2.91. The number of rotatable bonds is 1. The average Bonchev–Trinajstić information content (AvgIpc) is 2.88. The minimum atomic E-state index is -0.00333. The lowest BCUT2D eigenvalue weighted by Gasteiger charge is -2.22. The van der Waals surface area contributed by atoms with Gasteiger partial charge in [-0.25, -0.2) is 0 Å². The molecule has 0 radical (unpaired) electrons. The predicted octanol–water partition coefficient (Wildman–Crippen LogP) is 0.185. The smallest absolute Gasteiger partial charge is 0.254 e. The number of nitrogens with one attached hydrogen (secondary N) is 1. The first kappa shape index (κ1) is 10.3. The van der Waals surface area contributed by atoms with Crippen molar-refractivity contribution in [2.75, 3.05) is 6.54 Å². The van der Waals surface area contributed by atoms with Crippen molar-refractivity contribution in [3.05, 3.63) is 30.1 Å². The number of nitrogens with zero attached hydrogens (tertiary/aromatic N) is 2. The minimum Gasteiger partial charge on any atom is -0.351 e. The van der Waals surface area contributed by atoms with Gasteiger partial charge in [0, 0.05) is 30.9 Å². The average molecular weight is 231 g/mol. The molecule has 88 valence electrons. The van der Waals surface area contributed by atoms with E-state index in [2.05, 4.69) is 10.3 Å². The fourth-order valence-corrected chi connectivity index (χ4v) is 2.64. The van der Waals surface area contributed by atoms with E-state index < -0.39 is 0 Å². The fraction of sp³-hybridized carbons (Fsp3) is 0.417. The van der Waals surface area contributed by atoms with Crippen molar-refractivity contribution >= 4 is 11.8 Å². The molecule has 2 atom stereocenters. The van der Waals surface area contributed by atoms with E-state index in [-0.39, 0.29) is 23.9 Å². The van der Waals surface area contributed by atoms with Gasteiger partial charge in [0.1, 0.15) is 0 Å². The van der Waals surface area contributed by atoms with E-state index in [1.54, 1.807) is 29.4 Å². The molecule has 1 N–H and O–H groups in total. The molecule has 2 amide bonds. The molecule has 5 heteroatoms. The van der Waals surface area contributed by atoms with Crippen LogP contribution in [-0.2, 0) is 4.79 Å². The standard InChI is InChI=1S/C12H13N3O2/c16-11-7-10-9(14-11)3-6-15(10)12(17)8-1-4-13-5-2-8/h1-2,4-5,9-10H,3,6-7H2,(H,14,16)/t9-,10-/m0/s1. The molecule has 5 nitrogen and oxygen atoms in total. The predicted molar refractivity (Wildman–Crippen MR) is 60.2 cm³/mol. The Morgan fingerprint density at radius 2 is 2.18 bits per heavy atom. The molecule has 0 aliphatic carbocycles. The summed E-state index contributed by atoms with van der Waals surface area (Å²) in [5.41, 5.74) is 0.639. The maximum atomic E-state index is 12.3. The summed E-state index contributed by atoms with van der Waals surface area (Å²) >= 11 is 0. The van der Waals surface area contributed by atoms with Gasteiger partial charge in [-0.2, -0.15) is 0 Å². The Kier molecular flexibility index (Phi) is 2.31. The third-order valence-corrected chi connectivity index (χ3v) is 3.47. The molecular weight excluding hydrogens is 218 g/mol. The number of carbonyl (C=O) groups is 2. The summed E-state index contributed by atoms with van der Waals surface area (Å²) in [6, 6.07) is 3.59. The molecule has 0 unspecified atom stereocenters. The van der Waals surface area contributed by atoms with Gasteiger partial charge in [-0.15, -0.1) is 0 Å². The number of pyridine rings is 1. The zero-order valence-electron chi connectivity index (χ0n) is 9.30. The van der Waals surface area contributed by atoms with E-state index in [1.165, 1.54) is 0 Å². The molecule has 2 aliphatic rings. The largest absolute Gasteiger partial charge is 0.351 e. The van der Waals surface area contributed by atoms with Crippen LogP contribution in [0.25, 0.3) is 0 Å². The quantitative estimate of drug-likeness (QED) is 0.750. The van der Waals surface area contributed by atoms with Crippen LogP contribution in [0.2, 0.25) is 0 Å². The van der Waals surface area contributed by atoms with Crippen LogP contribution in [-0.4, -0.2) is 40.3 Å². The summed E-state index contributed by atoms with van der Waals surface area (Å²) in [4.78, 5) is 29.3. The Balaban J connectivity index is 1.82. The summed E-state index contributed by atoms with van der Waals surface area (Å²) < 4.78 is 0. The number of fused-ring (bicyclic) bond motifs is 1. The maximum Gasteiger partial charge on any atom is 0.254 e. The molecule has 17 heavy (non-hydrogen) atoms. The first-order valence-electron chi connectivity index (χ1n) is 5.76.